The van der Waals surface area contributed by atoms with E-state index in [4.69, 9.17) is 5.73 Å². The zero-order chi connectivity index (χ0) is 14.2. The third kappa shape index (κ3) is 2.96. The Labute approximate surface area is 113 Å². The smallest absolute Gasteiger partial charge is 0.323 e. The number of aryl methyl sites for hydroxylation is 1. The first-order chi connectivity index (χ1) is 8.79. The quantitative estimate of drug-likeness (QED) is 0.900. The van der Waals surface area contributed by atoms with Crippen LogP contribution in [0.1, 0.15) is 29.1 Å². The maximum atomic E-state index is 12.7. The fourth-order valence-corrected chi connectivity index (χ4v) is 2.80. The fourth-order valence-electron chi connectivity index (χ4n) is 1.78. The summed E-state index contributed by atoms with van der Waals surface area (Å²) >= 11 is 1.34. The predicted octanol–water partition coefficient (Wildman–Crippen LogP) is 4.16. The van der Waals surface area contributed by atoms with Crippen LogP contribution in [-0.2, 0) is 6.18 Å². The van der Waals surface area contributed by atoms with Gasteiger partial charge in [-0.05, 0) is 26.0 Å². The van der Waals surface area contributed by atoms with Gasteiger partial charge in [-0.15, -0.1) is 11.3 Å². The maximum absolute atomic E-state index is 12.7. The van der Waals surface area contributed by atoms with Gasteiger partial charge in [-0.1, -0.05) is 12.1 Å². The molecule has 6 heteroatoms. The first kappa shape index (κ1) is 14.0. The standard InChI is InChI=1S/C13H13F3N2S/c1-7(17)11-8(2)18-12(19-11)9-4-3-5-10(6-9)13(14,15)16/h3-7H,17H2,1-2H3. The number of hydrogen-bond donors (Lipinski definition) is 1. The number of aromatic nitrogens is 1. The van der Waals surface area contributed by atoms with Crippen LogP contribution in [0.3, 0.4) is 0 Å². The lowest BCUT2D eigenvalue weighted by molar-refractivity contribution is -0.137. The van der Waals surface area contributed by atoms with Crippen molar-refractivity contribution in [1.82, 2.24) is 4.98 Å². The average molecular weight is 286 g/mol. The van der Waals surface area contributed by atoms with Gasteiger partial charge in [0.25, 0.3) is 0 Å². The van der Waals surface area contributed by atoms with Crippen molar-refractivity contribution in [3.8, 4) is 10.6 Å². The van der Waals surface area contributed by atoms with Crippen LogP contribution in [0.2, 0.25) is 0 Å². The van der Waals surface area contributed by atoms with Crippen LogP contribution in [-0.4, -0.2) is 4.98 Å². The highest BCUT2D eigenvalue weighted by Gasteiger charge is 2.30. The zero-order valence-corrected chi connectivity index (χ0v) is 11.3. The minimum absolute atomic E-state index is 0.169. The SMILES string of the molecule is Cc1nc(-c2cccc(C(F)(F)F)c2)sc1C(C)N. The minimum Gasteiger partial charge on any atom is -0.323 e. The molecule has 2 nitrogen and oxygen atoms in total. The summed E-state index contributed by atoms with van der Waals surface area (Å²) in [7, 11) is 0. The number of hydrogen-bond acceptors (Lipinski definition) is 3. The lowest BCUT2D eigenvalue weighted by Crippen LogP contribution is -2.04. The highest BCUT2D eigenvalue weighted by atomic mass is 32.1. The Hall–Kier alpha value is -1.40. The van der Waals surface area contributed by atoms with Gasteiger partial charge in [0, 0.05) is 16.5 Å². The Bertz CT molecular complexity index is 588. The van der Waals surface area contributed by atoms with E-state index >= 15 is 0 Å². The summed E-state index contributed by atoms with van der Waals surface area (Å²) < 4.78 is 38.0. The van der Waals surface area contributed by atoms with Crippen LogP contribution in [0.15, 0.2) is 24.3 Å². The molecule has 1 atom stereocenters. The molecular formula is C13H13F3N2S. The van der Waals surface area contributed by atoms with Crippen molar-refractivity contribution >= 4 is 11.3 Å². The molecule has 1 heterocycles. The summed E-state index contributed by atoms with van der Waals surface area (Å²) in [5.74, 6) is 0. The molecule has 2 aromatic rings. The predicted molar refractivity (Wildman–Crippen MR) is 69.9 cm³/mol. The number of nitrogens with zero attached hydrogens (tertiary/aromatic N) is 1. The number of nitrogens with two attached hydrogens (primary N) is 1. The van der Waals surface area contributed by atoms with Gasteiger partial charge in [0.05, 0.1) is 11.3 Å². The van der Waals surface area contributed by atoms with Crippen molar-refractivity contribution in [2.75, 3.05) is 0 Å². The maximum Gasteiger partial charge on any atom is 0.416 e. The van der Waals surface area contributed by atoms with Gasteiger partial charge in [-0.3, -0.25) is 0 Å². The second-order valence-electron chi connectivity index (χ2n) is 4.34. The lowest BCUT2D eigenvalue weighted by Gasteiger charge is -2.07. The van der Waals surface area contributed by atoms with E-state index in [1.807, 2.05) is 13.8 Å². The Morgan fingerprint density at radius 2 is 2.00 bits per heavy atom. The summed E-state index contributed by atoms with van der Waals surface area (Å²) in [4.78, 5) is 5.19. The van der Waals surface area contributed by atoms with E-state index in [1.165, 1.54) is 17.4 Å². The molecule has 102 valence electrons. The minimum atomic E-state index is -4.34. The van der Waals surface area contributed by atoms with Crippen molar-refractivity contribution in [3.05, 3.63) is 40.4 Å². The monoisotopic (exact) mass is 286 g/mol. The van der Waals surface area contributed by atoms with Crippen LogP contribution in [0.4, 0.5) is 13.2 Å². The van der Waals surface area contributed by atoms with E-state index in [0.29, 0.717) is 10.6 Å². The first-order valence-corrected chi connectivity index (χ1v) is 6.51. The van der Waals surface area contributed by atoms with Gasteiger partial charge >= 0.3 is 6.18 Å². The third-order valence-corrected chi connectivity index (χ3v) is 4.09. The normalized spacial score (nSPS) is 13.6. The van der Waals surface area contributed by atoms with E-state index in [2.05, 4.69) is 4.98 Å². The van der Waals surface area contributed by atoms with E-state index in [0.717, 1.165) is 22.7 Å². The molecular weight excluding hydrogens is 273 g/mol. The number of alkyl halides is 3. The summed E-state index contributed by atoms with van der Waals surface area (Å²) in [5.41, 5.74) is 6.37. The van der Waals surface area contributed by atoms with Crippen molar-refractivity contribution < 1.29 is 13.2 Å². The number of thiazole rings is 1. The van der Waals surface area contributed by atoms with Gasteiger partial charge in [-0.25, -0.2) is 4.98 Å². The number of halogens is 3. The Morgan fingerprint density at radius 1 is 1.32 bits per heavy atom. The Balaban J connectivity index is 2.45. The second kappa shape index (κ2) is 4.94. The van der Waals surface area contributed by atoms with E-state index in [1.54, 1.807) is 6.07 Å². The van der Waals surface area contributed by atoms with Crippen molar-refractivity contribution in [2.45, 2.75) is 26.1 Å². The molecule has 0 aliphatic heterocycles. The zero-order valence-electron chi connectivity index (χ0n) is 10.5. The average Bonchev–Trinajstić information content (AvgIpc) is 2.70. The van der Waals surface area contributed by atoms with Crippen molar-refractivity contribution in [1.29, 1.82) is 0 Å². The molecule has 1 unspecified atom stereocenters. The highest BCUT2D eigenvalue weighted by Crippen LogP contribution is 2.35. The lowest BCUT2D eigenvalue weighted by atomic mass is 10.1. The van der Waals surface area contributed by atoms with Gasteiger partial charge in [0.2, 0.25) is 0 Å². The summed E-state index contributed by atoms with van der Waals surface area (Å²) in [5, 5.41) is 0.566. The van der Waals surface area contributed by atoms with E-state index in [-0.39, 0.29) is 6.04 Å². The summed E-state index contributed by atoms with van der Waals surface area (Å²) in [6, 6.07) is 5.01. The first-order valence-electron chi connectivity index (χ1n) is 5.69. The molecule has 0 aliphatic carbocycles. The second-order valence-corrected chi connectivity index (χ2v) is 5.37. The van der Waals surface area contributed by atoms with E-state index < -0.39 is 11.7 Å². The Morgan fingerprint density at radius 3 is 2.53 bits per heavy atom. The van der Waals surface area contributed by atoms with Gasteiger partial charge in [0.15, 0.2) is 0 Å². The van der Waals surface area contributed by atoms with Crippen LogP contribution < -0.4 is 5.73 Å². The molecule has 0 radical (unpaired) electrons. The van der Waals surface area contributed by atoms with Crippen molar-refractivity contribution in [2.24, 2.45) is 5.73 Å². The molecule has 1 aromatic heterocycles. The van der Waals surface area contributed by atoms with Gasteiger partial charge < -0.3 is 5.73 Å². The van der Waals surface area contributed by atoms with Crippen LogP contribution in [0, 0.1) is 6.92 Å². The molecule has 0 bridgehead atoms. The van der Waals surface area contributed by atoms with Crippen molar-refractivity contribution in [3.63, 3.8) is 0 Å². The van der Waals surface area contributed by atoms with Crippen LogP contribution >= 0.6 is 11.3 Å². The Kier molecular flexibility index (Phi) is 3.64. The topological polar surface area (TPSA) is 38.9 Å². The van der Waals surface area contributed by atoms with E-state index in [9.17, 15) is 13.2 Å². The molecule has 0 saturated carbocycles. The fraction of sp³-hybridized carbons (Fsp3) is 0.308. The molecule has 0 amide bonds. The largest absolute Gasteiger partial charge is 0.416 e. The molecule has 0 saturated heterocycles. The van der Waals surface area contributed by atoms with Crippen LogP contribution in [0.25, 0.3) is 10.6 Å². The number of rotatable bonds is 2. The van der Waals surface area contributed by atoms with Gasteiger partial charge in [-0.2, -0.15) is 13.2 Å². The summed E-state index contributed by atoms with van der Waals surface area (Å²) in [6.45, 7) is 3.64. The molecule has 0 spiro atoms. The van der Waals surface area contributed by atoms with Gasteiger partial charge in [0.1, 0.15) is 5.01 Å². The molecule has 1 aromatic carbocycles. The van der Waals surface area contributed by atoms with Crippen LogP contribution in [0.5, 0.6) is 0 Å². The number of benzene rings is 1. The molecule has 2 N–H and O–H groups in total. The molecule has 19 heavy (non-hydrogen) atoms. The third-order valence-electron chi connectivity index (χ3n) is 2.68. The molecule has 0 aliphatic rings. The molecule has 2 rings (SSSR count). The highest BCUT2D eigenvalue weighted by molar-refractivity contribution is 7.15. The summed E-state index contributed by atoms with van der Waals surface area (Å²) in [6.07, 6.45) is -4.34. The molecule has 0 fully saturated rings.